The van der Waals surface area contributed by atoms with Crippen LogP contribution < -0.4 is 9.47 Å². The van der Waals surface area contributed by atoms with Crippen molar-refractivity contribution in [3.05, 3.63) is 149 Å². The summed E-state index contributed by atoms with van der Waals surface area (Å²) in [5.41, 5.74) is 8.30. The molecule has 0 radical (unpaired) electrons. The second kappa shape index (κ2) is 7.23. The summed E-state index contributed by atoms with van der Waals surface area (Å²) in [6.45, 7) is 2.08. The third-order valence-corrected chi connectivity index (χ3v) is 7.38. The molecule has 2 aliphatic carbocycles. The van der Waals surface area contributed by atoms with Gasteiger partial charge in [-0.2, -0.15) is 0 Å². The van der Waals surface area contributed by atoms with Crippen molar-refractivity contribution < 1.29 is 9.47 Å². The minimum absolute atomic E-state index is 0.163. The van der Waals surface area contributed by atoms with Crippen molar-refractivity contribution in [3.63, 3.8) is 0 Å². The highest BCUT2D eigenvalue weighted by molar-refractivity contribution is 5.90. The number of hydrogen-bond donors (Lipinski definition) is 0. The van der Waals surface area contributed by atoms with Crippen LogP contribution in [0.3, 0.4) is 0 Å². The van der Waals surface area contributed by atoms with Crippen LogP contribution in [0.5, 0.6) is 11.5 Å². The number of allylic oxidation sites excluding steroid dienone is 2. The van der Waals surface area contributed by atoms with E-state index in [-0.39, 0.29) is 12.2 Å². The molecule has 1 heterocycles. The maximum Gasteiger partial charge on any atom is 0.165 e. The monoisotopic (exact) mass is 440 g/mol. The molecule has 3 aliphatic rings. The molecule has 0 N–H and O–H groups in total. The standard InChI is InChI=1S/C32H24O2/c1-21-16-18-27-29(20-21)33-28-19-17-26-30(31(28)34-27)24-14-8-9-15-25(24)32(26,22-10-4-2-5-11-22)23-12-6-3-7-13-23/h2-20,28,31H,1H3. The summed E-state index contributed by atoms with van der Waals surface area (Å²) in [6.07, 6.45) is 4.09. The Kier molecular flexibility index (Phi) is 4.13. The maximum absolute atomic E-state index is 6.69. The number of aryl methyl sites for hydroxylation is 1. The molecule has 4 aromatic rings. The summed E-state index contributed by atoms with van der Waals surface area (Å²) >= 11 is 0. The lowest BCUT2D eigenvalue weighted by Crippen LogP contribution is -2.41. The molecular weight excluding hydrogens is 416 g/mol. The average Bonchev–Trinajstić information content (AvgIpc) is 3.20. The normalized spacial score (nSPS) is 21.0. The fourth-order valence-electron chi connectivity index (χ4n) is 5.99. The van der Waals surface area contributed by atoms with E-state index in [1.807, 2.05) is 6.07 Å². The van der Waals surface area contributed by atoms with Crippen LogP contribution in [0.2, 0.25) is 0 Å². The summed E-state index contributed by atoms with van der Waals surface area (Å²) < 4.78 is 13.2. The molecule has 0 amide bonds. The SMILES string of the molecule is Cc1ccc2c(c1)OC1C=CC3=C(c4ccccc4C3(c3ccccc3)c3ccccc3)C1O2. The van der Waals surface area contributed by atoms with E-state index in [4.69, 9.17) is 9.47 Å². The van der Waals surface area contributed by atoms with Crippen molar-refractivity contribution in [1.29, 1.82) is 0 Å². The van der Waals surface area contributed by atoms with E-state index >= 15 is 0 Å². The van der Waals surface area contributed by atoms with Gasteiger partial charge in [-0.05, 0) is 58.5 Å². The van der Waals surface area contributed by atoms with E-state index in [1.165, 1.54) is 39.0 Å². The lowest BCUT2D eigenvalue weighted by molar-refractivity contribution is 0.0810. The molecule has 0 spiro atoms. The molecular formula is C32H24O2. The molecule has 34 heavy (non-hydrogen) atoms. The van der Waals surface area contributed by atoms with Gasteiger partial charge in [-0.1, -0.05) is 97.1 Å². The molecule has 2 nitrogen and oxygen atoms in total. The lowest BCUT2D eigenvalue weighted by Gasteiger charge is -2.39. The Hall–Kier alpha value is -4.04. The van der Waals surface area contributed by atoms with Gasteiger partial charge < -0.3 is 9.47 Å². The van der Waals surface area contributed by atoms with Gasteiger partial charge in [-0.3, -0.25) is 0 Å². The average molecular weight is 441 g/mol. The third kappa shape index (κ3) is 2.57. The first-order valence-corrected chi connectivity index (χ1v) is 11.8. The summed E-state index contributed by atoms with van der Waals surface area (Å²) in [5, 5.41) is 0. The van der Waals surface area contributed by atoms with Gasteiger partial charge in [0.25, 0.3) is 0 Å². The molecule has 0 fully saturated rings. The Balaban J connectivity index is 1.52. The van der Waals surface area contributed by atoms with Crippen LogP contribution in [0.4, 0.5) is 0 Å². The van der Waals surface area contributed by atoms with Crippen LogP contribution in [0, 0.1) is 6.92 Å². The largest absolute Gasteiger partial charge is 0.478 e. The Morgan fingerprint density at radius 2 is 1.35 bits per heavy atom. The highest BCUT2D eigenvalue weighted by Gasteiger charge is 2.52. The molecule has 7 rings (SSSR count). The summed E-state index contributed by atoms with van der Waals surface area (Å²) in [7, 11) is 0. The molecule has 0 bridgehead atoms. The summed E-state index contributed by atoms with van der Waals surface area (Å²) in [6, 6.07) is 36.7. The number of rotatable bonds is 2. The van der Waals surface area contributed by atoms with E-state index in [1.54, 1.807) is 0 Å². The second-order valence-electron chi connectivity index (χ2n) is 9.29. The Morgan fingerprint density at radius 3 is 2.09 bits per heavy atom. The smallest absolute Gasteiger partial charge is 0.165 e. The zero-order valence-electron chi connectivity index (χ0n) is 18.9. The van der Waals surface area contributed by atoms with Crippen LogP contribution in [0.25, 0.3) is 5.57 Å². The lowest BCUT2D eigenvalue weighted by atomic mass is 9.66. The van der Waals surface area contributed by atoms with Gasteiger partial charge in [0.05, 0.1) is 5.41 Å². The van der Waals surface area contributed by atoms with Crippen molar-refractivity contribution in [1.82, 2.24) is 0 Å². The van der Waals surface area contributed by atoms with Crippen molar-refractivity contribution in [3.8, 4) is 11.5 Å². The Bertz CT molecular complexity index is 1420. The van der Waals surface area contributed by atoms with Crippen molar-refractivity contribution in [2.75, 3.05) is 0 Å². The Labute approximate surface area is 199 Å². The fourth-order valence-corrected chi connectivity index (χ4v) is 5.99. The Morgan fingerprint density at radius 1 is 0.676 bits per heavy atom. The van der Waals surface area contributed by atoms with Crippen LogP contribution in [-0.4, -0.2) is 12.2 Å². The van der Waals surface area contributed by atoms with E-state index in [0.29, 0.717) is 0 Å². The molecule has 164 valence electrons. The molecule has 2 unspecified atom stereocenters. The highest BCUT2D eigenvalue weighted by Crippen LogP contribution is 2.58. The van der Waals surface area contributed by atoms with Crippen molar-refractivity contribution >= 4 is 5.57 Å². The zero-order chi connectivity index (χ0) is 22.7. The van der Waals surface area contributed by atoms with Gasteiger partial charge in [0.2, 0.25) is 0 Å². The van der Waals surface area contributed by atoms with Gasteiger partial charge in [-0.25, -0.2) is 0 Å². The van der Waals surface area contributed by atoms with Gasteiger partial charge in [0.1, 0.15) is 0 Å². The molecule has 4 aromatic carbocycles. The second-order valence-corrected chi connectivity index (χ2v) is 9.29. The minimum Gasteiger partial charge on any atom is -0.478 e. The molecule has 0 saturated carbocycles. The first-order valence-electron chi connectivity index (χ1n) is 11.8. The van der Waals surface area contributed by atoms with Crippen molar-refractivity contribution in [2.24, 2.45) is 0 Å². The summed E-state index contributed by atoms with van der Waals surface area (Å²) in [4.78, 5) is 0. The van der Waals surface area contributed by atoms with Gasteiger partial charge in [0, 0.05) is 5.57 Å². The van der Waals surface area contributed by atoms with Crippen molar-refractivity contribution in [2.45, 2.75) is 24.5 Å². The van der Waals surface area contributed by atoms with E-state index < -0.39 is 5.41 Å². The van der Waals surface area contributed by atoms with Gasteiger partial charge in [0.15, 0.2) is 23.7 Å². The van der Waals surface area contributed by atoms with Crippen LogP contribution in [-0.2, 0) is 5.41 Å². The van der Waals surface area contributed by atoms with Crippen LogP contribution >= 0.6 is 0 Å². The molecule has 2 atom stereocenters. The number of fused-ring (bicyclic) bond motifs is 5. The predicted molar refractivity (Wildman–Crippen MR) is 135 cm³/mol. The van der Waals surface area contributed by atoms with Crippen LogP contribution in [0.15, 0.2) is 121 Å². The summed E-state index contributed by atoms with van der Waals surface area (Å²) in [5.74, 6) is 1.63. The molecule has 0 saturated heterocycles. The number of ether oxygens (including phenoxy) is 2. The zero-order valence-corrected chi connectivity index (χ0v) is 18.9. The van der Waals surface area contributed by atoms with Crippen LogP contribution in [0.1, 0.15) is 27.8 Å². The first kappa shape index (κ1) is 19.4. The minimum atomic E-state index is -0.410. The first-order chi connectivity index (χ1) is 16.8. The number of hydrogen-bond acceptors (Lipinski definition) is 2. The topological polar surface area (TPSA) is 18.5 Å². The molecule has 1 aliphatic heterocycles. The van der Waals surface area contributed by atoms with Gasteiger partial charge in [-0.15, -0.1) is 0 Å². The third-order valence-electron chi connectivity index (χ3n) is 7.38. The quantitative estimate of drug-likeness (QED) is 0.338. The van der Waals surface area contributed by atoms with E-state index in [2.05, 4.69) is 116 Å². The maximum atomic E-state index is 6.69. The molecule has 2 heteroatoms. The van der Waals surface area contributed by atoms with E-state index in [0.717, 1.165) is 11.5 Å². The van der Waals surface area contributed by atoms with Gasteiger partial charge >= 0.3 is 0 Å². The fraction of sp³-hybridized carbons (Fsp3) is 0.125. The number of benzene rings is 4. The predicted octanol–water partition coefficient (Wildman–Crippen LogP) is 6.88. The van der Waals surface area contributed by atoms with E-state index in [9.17, 15) is 0 Å². The molecule has 0 aromatic heterocycles. The highest BCUT2D eigenvalue weighted by atomic mass is 16.6.